The predicted molar refractivity (Wildman–Crippen MR) is 93.1 cm³/mol. The third kappa shape index (κ3) is 3.79. The van der Waals surface area contributed by atoms with E-state index < -0.39 is 11.9 Å². The van der Waals surface area contributed by atoms with Gasteiger partial charge >= 0.3 is 0 Å². The van der Waals surface area contributed by atoms with Gasteiger partial charge in [-0.05, 0) is 48.9 Å². The van der Waals surface area contributed by atoms with Crippen molar-refractivity contribution in [3.63, 3.8) is 0 Å². The Kier molecular flexibility index (Phi) is 4.97. The summed E-state index contributed by atoms with van der Waals surface area (Å²) < 4.78 is 18.8. The van der Waals surface area contributed by atoms with Crippen molar-refractivity contribution in [3.8, 4) is 5.75 Å². The van der Waals surface area contributed by atoms with Gasteiger partial charge in [0, 0.05) is 5.69 Å². The van der Waals surface area contributed by atoms with Crippen LogP contribution in [-0.2, 0) is 9.59 Å². The number of hydrogen-bond acceptors (Lipinski definition) is 4. The van der Waals surface area contributed by atoms with Gasteiger partial charge in [-0.1, -0.05) is 13.0 Å². The minimum absolute atomic E-state index is 0.0312. The summed E-state index contributed by atoms with van der Waals surface area (Å²) in [5.74, 6) is -0.349. The molecule has 1 atom stereocenters. The van der Waals surface area contributed by atoms with Gasteiger partial charge in [0.25, 0.3) is 5.91 Å². The molecule has 2 aromatic carbocycles. The molecule has 1 heterocycles. The molecule has 1 N–H and O–H groups in total. The lowest BCUT2D eigenvalue weighted by atomic mass is 10.2. The molecule has 1 aliphatic rings. The van der Waals surface area contributed by atoms with Crippen molar-refractivity contribution in [2.45, 2.75) is 25.8 Å². The SMILES string of the molecule is CCCOc1ccc(N2C(=O)C[C@H](Nc3cccc(F)c3)C2=O)cc1. The number of amides is 2. The largest absolute Gasteiger partial charge is 0.494 e. The summed E-state index contributed by atoms with van der Waals surface area (Å²) in [6.07, 6.45) is 0.932. The van der Waals surface area contributed by atoms with Gasteiger partial charge in [0.05, 0.1) is 18.7 Å². The number of benzene rings is 2. The van der Waals surface area contributed by atoms with Gasteiger partial charge in [0.15, 0.2) is 0 Å². The first kappa shape index (κ1) is 17.0. The zero-order valence-corrected chi connectivity index (χ0v) is 13.9. The molecule has 0 unspecified atom stereocenters. The summed E-state index contributed by atoms with van der Waals surface area (Å²) in [5, 5.41) is 2.92. The molecular formula is C19H19FN2O3. The van der Waals surface area contributed by atoms with Crippen molar-refractivity contribution in [2.75, 3.05) is 16.8 Å². The highest BCUT2D eigenvalue weighted by atomic mass is 19.1. The Morgan fingerprint density at radius 3 is 2.64 bits per heavy atom. The van der Waals surface area contributed by atoms with Crippen LogP contribution in [0.15, 0.2) is 48.5 Å². The summed E-state index contributed by atoms with van der Waals surface area (Å²) in [5.41, 5.74) is 0.971. The zero-order valence-electron chi connectivity index (χ0n) is 13.9. The number of halogens is 1. The standard InChI is InChI=1S/C19H19FN2O3/c1-2-10-25-16-8-6-15(7-9-16)22-18(23)12-17(19(22)24)21-14-5-3-4-13(20)11-14/h3-9,11,17,21H,2,10,12H2,1H3/t17-/m0/s1. The molecule has 1 aliphatic heterocycles. The lowest BCUT2D eigenvalue weighted by Gasteiger charge is -2.16. The van der Waals surface area contributed by atoms with E-state index in [0.717, 1.165) is 11.3 Å². The number of carbonyl (C=O) groups excluding carboxylic acids is 2. The Labute approximate surface area is 145 Å². The number of imide groups is 1. The topological polar surface area (TPSA) is 58.6 Å². The third-order valence-electron chi connectivity index (χ3n) is 3.88. The summed E-state index contributed by atoms with van der Waals surface area (Å²) in [7, 11) is 0. The van der Waals surface area contributed by atoms with E-state index >= 15 is 0 Å². The Morgan fingerprint density at radius 2 is 1.96 bits per heavy atom. The minimum atomic E-state index is -0.703. The maximum absolute atomic E-state index is 13.3. The molecule has 6 heteroatoms. The fourth-order valence-electron chi connectivity index (χ4n) is 2.71. The quantitative estimate of drug-likeness (QED) is 0.818. The molecule has 0 radical (unpaired) electrons. The normalized spacial score (nSPS) is 17.0. The van der Waals surface area contributed by atoms with Crippen molar-refractivity contribution >= 4 is 23.2 Å². The summed E-state index contributed by atoms with van der Waals surface area (Å²) >= 11 is 0. The smallest absolute Gasteiger partial charge is 0.256 e. The summed E-state index contributed by atoms with van der Waals surface area (Å²) in [6, 6.07) is 12.0. The summed E-state index contributed by atoms with van der Waals surface area (Å²) in [4.78, 5) is 26.0. The highest BCUT2D eigenvalue weighted by Gasteiger charge is 2.39. The molecular weight excluding hydrogens is 323 g/mol. The van der Waals surface area contributed by atoms with Crippen LogP contribution in [0, 0.1) is 5.82 Å². The van der Waals surface area contributed by atoms with Crippen LogP contribution in [0.5, 0.6) is 5.75 Å². The predicted octanol–water partition coefficient (Wildman–Crippen LogP) is 3.36. The Hall–Kier alpha value is -2.89. The Morgan fingerprint density at radius 1 is 1.20 bits per heavy atom. The Balaban J connectivity index is 1.72. The fourth-order valence-corrected chi connectivity index (χ4v) is 2.71. The van der Waals surface area contributed by atoms with Gasteiger partial charge < -0.3 is 10.1 Å². The van der Waals surface area contributed by atoms with Crippen LogP contribution in [0.25, 0.3) is 0 Å². The highest BCUT2D eigenvalue weighted by Crippen LogP contribution is 2.27. The van der Waals surface area contributed by atoms with Gasteiger partial charge in [0.1, 0.15) is 17.6 Å². The van der Waals surface area contributed by atoms with Gasteiger partial charge in [0.2, 0.25) is 5.91 Å². The first-order valence-corrected chi connectivity index (χ1v) is 8.20. The molecule has 0 aliphatic carbocycles. The first-order chi connectivity index (χ1) is 12.1. The molecule has 2 amide bonds. The molecule has 1 fully saturated rings. The van der Waals surface area contributed by atoms with Crippen LogP contribution in [0.4, 0.5) is 15.8 Å². The van der Waals surface area contributed by atoms with Crippen LogP contribution in [0.1, 0.15) is 19.8 Å². The minimum Gasteiger partial charge on any atom is -0.494 e. The van der Waals surface area contributed by atoms with E-state index in [-0.39, 0.29) is 18.2 Å². The molecule has 25 heavy (non-hydrogen) atoms. The molecule has 130 valence electrons. The lowest BCUT2D eigenvalue weighted by Crippen LogP contribution is -2.34. The van der Waals surface area contributed by atoms with Crippen molar-refractivity contribution in [1.29, 1.82) is 0 Å². The van der Waals surface area contributed by atoms with Gasteiger partial charge in [-0.3, -0.25) is 9.59 Å². The second-order valence-corrected chi connectivity index (χ2v) is 5.82. The van der Waals surface area contributed by atoms with E-state index in [0.29, 0.717) is 23.7 Å². The Bertz CT molecular complexity index is 776. The number of carbonyl (C=O) groups is 2. The molecule has 3 rings (SSSR count). The number of nitrogens with one attached hydrogen (secondary N) is 1. The van der Waals surface area contributed by atoms with Crippen molar-refractivity contribution in [3.05, 3.63) is 54.3 Å². The van der Waals surface area contributed by atoms with Crippen LogP contribution in [0.2, 0.25) is 0 Å². The molecule has 5 nitrogen and oxygen atoms in total. The van der Waals surface area contributed by atoms with E-state index in [9.17, 15) is 14.0 Å². The third-order valence-corrected chi connectivity index (χ3v) is 3.88. The zero-order chi connectivity index (χ0) is 17.8. The lowest BCUT2D eigenvalue weighted by molar-refractivity contribution is -0.121. The molecule has 0 bridgehead atoms. The number of rotatable bonds is 6. The number of hydrogen-bond donors (Lipinski definition) is 1. The number of nitrogens with zero attached hydrogens (tertiary/aromatic N) is 1. The van der Waals surface area contributed by atoms with Crippen molar-refractivity contribution in [1.82, 2.24) is 0 Å². The van der Waals surface area contributed by atoms with Gasteiger partial charge in [-0.15, -0.1) is 0 Å². The van der Waals surface area contributed by atoms with Crippen LogP contribution in [0.3, 0.4) is 0 Å². The monoisotopic (exact) mass is 342 g/mol. The molecule has 1 saturated heterocycles. The highest BCUT2D eigenvalue weighted by molar-refractivity contribution is 6.23. The van der Waals surface area contributed by atoms with Crippen LogP contribution < -0.4 is 15.0 Å². The molecule has 0 spiro atoms. The fraction of sp³-hybridized carbons (Fsp3) is 0.263. The first-order valence-electron chi connectivity index (χ1n) is 8.20. The summed E-state index contributed by atoms with van der Waals surface area (Å²) in [6.45, 7) is 2.63. The van der Waals surface area contributed by atoms with Crippen molar-refractivity contribution in [2.24, 2.45) is 0 Å². The van der Waals surface area contributed by atoms with Crippen LogP contribution in [-0.4, -0.2) is 24.5 Å². The van der Waals surface area contributed by atoms with E-state index in [1.165, 1.54) is 12.1 Å². The number of ether oxygens (including phenoxy) is 1. The van der Waals surface area contributed by atoms with Gasteiger partial charge in [-0.25, -0.2) is 9.29 Å². The maximum atomic E-state index is 13.3. The molecule has 2 aromatic rings. The van der Waals surface area contributed by atoms with Crippen LogP contribution >= 0.6 is 0 Å². The average molecular weight is 342 g/mol. The van der Waals surface area contributed by atoms with Gasteiger partial charge in [-0.2, -0.15) is 0 Å². The number of anilines is 2. The molecule has 0 saturated carbocycles. The van der Waals surface area contributed by atoms with Crippen molar-refractivity contribution < 1.29 is 18.7 Å². The molecule has 0 aromatic heterocycles. The van der Waals surface area contributed by atoms with E-state index in [1.807, 2.05) is 6.92 Å². The van der Waals surface area contributed by atoms with E-state index in [4.69, 9.17) is 4.74 Å². The average Bonchev–Trinajstić information content (AvgIpc) is 2.87. The second kappa shape index (κ2) is 7.34. The second-order valence-electron chi connectivity index (χ2n) is 5.82. The van der Waals surface area contributed by atoms with E-state index in [2.05, 4.69) is 5.32 Å². The maximum Gasteiger partial charge on any atom is 0.256 e. The van der Waals surface area contributed by atoms with E-state index in [1.54, 1.807) is 36.4 Å².